The monoisotopic (exact) mass is 282 g/mol. The predicted molar refractivity (Wildman–Crippen MR) is 94.3 cm³/mol. The van der Waals surface area contributed by atoms with Crippen LogP contribution in [0.4, 0.5) is 0 Å². The molecule has 0 saturated heterocycles. The van der Waals surface area contributed by atoms with Gasteiger partial charge in [0.1, 0.15) is 0 Å². The molecule has 0 rings (SSSR count). The van der Waals surface area contributed by atoms with Crippen molar-refractivity contribution in [2.24, 2.45) is 11.3 Å². The van der Waals surface area contributed by atoms with Crippen molar-refractivity contribution < 1.29 is 0 Å². The SMILES string of the molecule is CCCCCCCCCCC(CC)C(CC)(CC)CC. The molecule has 0 nitrogen and oxygen atoms in total. The highest BCUT2D eigenvalue weighted by atomic mass is 14.4. The first-order valence-corrected chi connectivity index (χ1v) is 9.70. The van der Waals surface area contributed by atoms with Gasteiger partial charge in [0.2, 0.25) is 0 Å². The molecule has 0 aliphatic carbocycles. The lowest BCUT2D eigenvalue weighted by Gasteiger charge is -2.39. The largest absolute Gasteiger partial charge is 0.0654 e. The Kier molecular flexibility index (Phi) is 12.7. The molecule has 0 aromatic heterocycles. The molecule has 20 heavy (non-hydrogen) atoms. The van der Waals surface area contributed by atoms with E-state index >= 15 is 0 Å². The average molecular weight is 283 g/mol. The summed E-state index contributed by atoms with van der Waals surface area (Å²) >= 11 is 0. The van der Waals surface area contributed by atoms with Crippen LogP contribution in [-0.4, -0.2) is 0 Å². The van der Waals surface area contributed by atoms with Gasteiger partial charge in [0, 0.05) is 0 Å². The molecule has 1 unspecified atom stereocenters. The minimum Gasteiger partial charge on any atom is -0.0654 e. The fourth-order valence-electron chi connectivity index (χ4n) is 4.08. The third kappa shape index (κ3) is 7.14. The zero-order valence-electron chi connectivity index (χ0n) is 15.3. The Morgan fingerprint density at radius 3 is 1.45 bits per heavy atom. The van der Waals surface area contributed by atoms with Crippen molar-refractivity contribution in [2.75, 3.05) is 0 Å². The summed E-state index contributed by atoms with van der Waals surface area (Å²) in [5.74, 6) is 0.961. The summed E-state index contributed by atoms with van der Waals surface area (Å²) in [5.41, 5.74) is 0.635. The van der Waals surface area contributed by atoms with Crippen molar-refractivity contribution in [1.29, 1.82) is 0 Å². The fourth-order valence-corrected chi connectivity index (χ4v) is 4.08. The van der Waals surface area contributed by atoms with E-state index in [1.54, 1.807) is 0 Å². The Morgan fingerprint density at radius 2 is 1.05 bits per heavy atom. The lowest BCUT2D eigenvalue weighted by Crippen LogP contribution is -2.28. The van der Waals surface area contributed by atoms with Crippen LogP contribution >= 0.6 is 0 Å². The maximum atomic E-state index is 2.41. The molecule has 0 spiro atoms. The van der Waals surface area contributed by atoms with Crippen molar-refractivity contribution in [3.8, 4) is 0 Å². The van der Waals surface area contributed by atoms with E-state index in [0.29, 0.717) is 5.41 Å². The van der Waals surface area contributed by atoms with Crippen molar-refractivity contribution >= 4 is 0 Å². The first-order valence-electron chi connectivity index (χ1n) is 9.70. The molecule has 0 fully saturated rings. The van der Waals surface area contributed by atoms with Gasteiger partial charge in [-0.3, -0.25) is 0 Å². The molecule has 0 radical (unpaired) electrons. The summed E-state index contributed by atoms with van der Waals surface area (Å²) in [6.07, 6.45) is 18.6. The molecule has 0 amide bonds. The van der Waals surface area contributed by atoms with Crippen molar-refractivity contribution in [1.82, 2.24) is 0 Å². The van der Waals surface area contributed by atoms with Gasteiger partial charge in [0.15, 0.2) is 0 Å². The number of rotatable bonds is 14. The van der Waals surface area contributed by atoms with Gasteiger partial charge in [0.05, 0.1) is 0 Å². The minimum atomic E-state index is 0.635. The second kappa shape index (κ2) is 12.7. The average Bonchev–Trinajstić information content (AvgIpc) is 2.49. The molecule has 1 atom stereocenters. The molecule has 0 bridgehead atoms. The van der Waals surface area contributed by atoms with Crippen LogP contribution in [0, 0.1) is 11.3 Å². The Labute approximate surface area is 130 Å². The van der Waals surface area contributed by atoms with Gasteiger partial charge in [-0.05, 0) is 17.8 Å². The van der Waals surface area contributed by atoms with Crippen LogP contribution in [0.25, 0.3) is 0 Å². The molecule has 0 N–H and O–H groups in total. The van der Waals surface area contributed by atoms with Gasteiger partial charge < -0.3 is 0 Å². The fraction of sp³-hybridized carbons (Fsp3) is 1.00. The summed E-state index contributed by atoms with van der Waals surface area (Å²) in [7, 11) is 0. The van der Waals surface area contributed by atoms with Crippen molar-refractivity contribution in [3.63, 3.8) is 0 Å². The molecule has 0 saturated carbocycles. The highest BCUT2D eigenvalue weighted by Gasteiger charge is 2.31. The third-order valence-corrected chi connectivity index (χ3v) is 5.88. The van der Waals surface area contributed by atoms with Gasteiger partial charge in [0.25, 0.3) is 0 Å². The highest BCUT2D eigenvalue weighted by molar-refractivity contribution is 4.82. The Bertz CT molecular complexity index is 182. The van der Waals surface area contributed by atoms with E-state index in [4.69, 9.17) is 0 Å². The van der Waals surface area contributed by atoms with Crippen LogP contribution in [0.15, 0.2) is 0 Å². The standard InChI is InChI=1S/C20H42/c1-6-11-12-13-14-15-16-17-18-19(7-2)20(8-3,9-4)10-5/h19H,6-18H2,1-5H3. The van der Waals surface area contributed by atoms with E-state index in [1.807, 2.05) is 0 Å². The van der Waals surface area contributed by atoms with Crippen LogP contribution in [-0.2, 0) is 0 Å². The van der Waals surface area contributed by atoms with Crippen LogP contribution in [0.3, 0.4) is 0 Å². The van der Waals surface area contributed by atoms with Crippen molar-refractivity contribution in [2.45, 2.75) is 118 Å². The number of hydrogen-bond acceptors (Lipinski definition) is 0. The molecule has 0 aliphatic rings. The summed E-state index contributed by atoms with van der Waals surface area (Å²) in [6.45, 7) is 11.9. The van der Waals surface area contributed by atoms with Gasteiger partial charge in [-0.1, -0.05) is 112 Å². The highest BCUT2D eigenvalue weighted by Crippen LogP contribution is 2.43. The van der Waals surface area contributed by atoms with Crippen LogP contribution < -0.4 is 0 Å². The molecule has 0 aromatic rings. The minimum absolute atomic E-state index is 0.635. The Morgan fingerprint density at radius 1 is 0.600 bits per heavy atom. The maximum Gasteiger partial charge on any atom is -0.0277 e. The Hall–Kier alpha value is 0. The van der Waals surface area contributed by atoms with E-state index in [0.717, 1.165) is 5.92 Å². The summed E-state index contributed by atoms with van der Waals surface area (Å²) in [6, 6.07) is 0. The maximum absolute atomic E-state index is 2.41. The zero-order chi connectivity index (χ0) is 15.3. The second-order valence-electron chi connectivity index (χ2n) is 6.79. The van der Waals surface area contributed by atoms with Gasteiger partial charge >= 0.3 is 0 Å². The van der Waals surface area contributed by atoms with E-state index in [2.05, 4.69) is 34.6 Å². The molecular formula is C20H42. The summed E-state index contributed by atoms with van der Waals surface area (Å²) in [5, 5.41) is 0. The summed E-state index contributed by atoms with van der Waals surface area (Å²) < 4.78 is 0. The second-order valence-corrected chi connectivity index (χ2v) is 6.79. The molecule has 122 valence electrons. The van der Waals surface area contributed by atoms with Crippen LogP contribution in [0.2, 0.25) is 0 Å². The van der Waals surface area contributed by atoms with E-state index < -0.39 is 0 Å². The van der Waals surface area contributed by atoms with E-state index in [-0.39, 0.29) is 0 Å². The number of unbranched alkanes of at least 4 members (excludes halogenated alkanes) is 7. The normalized spacial score (nSPS) is 13.7. The van der Waals surface area contributed by atoms with Gasteiger partial charge in [-0.15, -0.1) is 0 Å². The molecule has 0 aliphatic heterocycles. The van der Waals surface area contributed by atoms with Crippen LogP contribution in [0.5, 0.6) is 0 Å². The first kappa shape index (κ1) is 20.0. The van der Waals surface area contributed by atoms with Crippen LogP contribution in [0.1, 0.15) is 118 Å². The Balaban J connectivity index is 3.84. The quantitative estimate of drug-likeness (QED) is 0.285. The first-order chi connectivity index (χ1) is 9.70. The van der Waals surface area contributed by atoms with Gasteiger partial charge in [-0.25, -0.2) is 0 Å². The lowest BCUT2D eigenvalue weighted by atomic mass is 9.66. The molecule has 0 heteroatoms. The zero-order valence-corrected chi connectivity index (χ0v) is 15.3. The van der Waals surface area contributed by atoms with E-state index in [1.165, 1.54) is 83.5 Å². The molecule has 0 heterocycles. The van der Waals surface area contributed by atoms with E-state index in [9.17, 15) is 0 Å². The number of hydrogen-bond donors (Lipinski definition) is 0. The van der Waals surface area contributed by atoms with Gasteiger partial charge in [-0.2, -0.15) is 0 Å². The summed E-state index contributed by atoms with van der Waals surface area (Å²) in [4.78, 5) is 0. The topological polar surface area (TPSA) is 0 Å². The smallest absolute Gasteiger partial charge is 0.0277 e. The molecular weight excluding hydrogens is 240 g/mol. The lowest BCUT2D eigenvalue weighted by molar-refractivity contribution is 0.118. The van der Waals surface area contributed by atoms with Crippen molar-refractivity contribution in [3.05, 3.63) is 0 Å². The molecule has 0 aromatic carbocycles. The predicted octanol–water partition coefficient (Wildman–Crippen LogP) is 7.76. The third-order valence-electron chi connectivity index (χ3n) is 5.88.